The highest BCUT2D eigenvalue weighted by Crippen LogP contribution is 2.50. The van der Waals surface area contributed by atoms with Crippen LogP contribution in [0.2, 0.25) is 0 Å². The average Bonchev–Trinajstić information content (AvgIpc) is 3.33. The van der Waals surface area contributed by atoms with Crippen LogP contribution in [0.25, 0.3) is 0 Å². The molecule has 0 spiro atoms. The van der Waals surface area contributed by atoms with Crippen LogP contribution < -0.4 is 5.11 Å². The zero-order valence-electron chi connectivity index (χ0n) is 15.2. The van der Waals surface area contributed by atoms with Crippen molar-refractivity contribution in [2.45, 2.75) is 62.5 Å². The van der Waals surface area contributed by atoms with Crippen LogP contribution in [0.5, 0.6) is 0 Å². The lowest BCUT2D eigenvalue weighted by Crippen LogP contribution is -2.63. The van der Waals surface area contributed by atoms with E-state index < -0.39 is 67.1 Å². The zero-order chi connectivity index (χ0) is 20.1. The van der Waals surface area contributed by atoms with Crippen molar-refractivity contribution in [1.82, 2.24) is 4.90 Å². The van der Waals surface area contributed by atoms with Crippen LogP contribution >= 0.6 is 0 Å². The topological polar surface area (TPSA) is 161 Å². The van der Waals surface area contributed by atoms with Gasteiger partial charge >= 0.3 is 5.97 Å². The maximum Gasteiger partial charge on any atom is 0.315 e. The van der Waals surface area contributed by atoms with Crippen LogP contribution in [0.4, 0.5) is 0 Å². The number of fused-ring (bicyclic) bond motifs is 1. The van der Waals surface area contributed by atoms with E-state index in [-0.39, 0.29) is 12.5 Å². The molecule has 0 aromatic rings. The third kappa shape index (κ3) is 3.44. The second kappa shape index (κ2) is 7.24. The number of hydrogen-bond acceptors (Lipinski definition) is 10. The number of carbonyl (C=O) groups excluding carboxylic acids is 2. The number of ether oxygens (including phenoxy) is 4. The standard InChI is InChI=1S/C16H25NO10/c1-6-10(20)14-16(27-14,25-12(6)15(22)23)26-13-8(17(3)7(2)19)5-24-9(4-18)11(13)21/h6,8-14,18,20-21H,4-5H2,1-3H3,(H,22,23)/p-1. The van der Waals surface area contributed by atoms with E-state index in [4.69, 9.17) is 18.9 Å². The summed E-state index contributed by atoms with van der Waals surface area (Å²) in [4.78, 5) is 24.4. The van der Waals surface area contributed by atoms with Gasteiger partial charge in [0, 0.05) is 19.9 Å². The molecule has 0 radical (unpaired) electrons. The van der Waals surface area contributed by atoms with Gasteiger partial charge in [0.15, 0.2) is 6.10 Å². The predicted molar refractivity (Wildman–Crippen MR) is 82.6 cm³/mol. The van der Waals surface area contributed by atoms with Gasteiger partial charge < -0.3 is 49.1 Å². The molecular formula is C16H24NO10-. The molecule has 0 aromatic heterocycles. The largest absolute Gasteiger partial charge is 0.547 e. The van der Waals surface area contributed by atoms with E-state index in [1.165, 1.54) is 25.8 Å². The molecule has 9 atom stereocenters. The number of aliphatic hydroxyl groups is 3. The monoisotopic (exact) mass is 390 g/mol. The van der Waals surface area contributed by atoms with E-state index in [9.17, 15) is 30.0 Å². The van der Waals surface area contributed by atoms with E-state index in [2.05, 4.69) is 0 Å². The normalized spacial score (nSPS) is 46.4. The number of hydrogen-bond donors (Lipinski definition) is 3. The molecule has 3 N–H and O–H groups in total. The first-order chi connectivity index (χ1) is 12.6. The number of carbonyl (C=O) groups is 2. The van der Waals surface area contributed by atoms with Gasteiger partial charge in [0.1, 0.15) is 24.4 Å². The van der Waals surface area contributed by atoms with Crippen molar-refractivity contribution in [3.8, 4) is 0 Å². The molecule has 154 valence electrons. The molecule has 9 unspecified atom stereocenters. The Labute approximate surface area is 155 Å². The lowest BCUT2D eigenvalue weighted by atomic mass is 9.92. The van der Waals surface area contributed by atoms with Crippen molar-refractivity contribution < 1.29 is 49.0 Å². The molecule has 3 heterocycles. The van der Waals surface area contributed by atoms with Crippen LogP contribution in [-0.2, 0) is 28.5 Å². The van der Waals surface area contributed by atoms with Gasteiger partial charge in [-0.3, -0.25) is 4.79 Å². The number of epoxide rings is 1. The van der Waals surface area contributed by atoms with Crippen LogP contribution in [0.15, 0.2) is 0 Å². The number of aliphatic carboxylic acids is 1. The van der Waals surface area contributed by atoms with Crippen molar-refractivity contribution in [3.63, 3.8) is 0 Å². The minimum atomic E-state index is -1.88. The Morgan fingerprint density at radius 1 is 1.30 bits per heavy atom. The quantitative estimate of drug-likeness (QED) is 0.397. The number of aliphatic hydroxyl groups excluding tert-OH is 3. The van der Waals surface area contributed by atoms with Crippen LogP contribution in [0.3, 0.4) is 0 Å². The number of rotatable bonds is 5. The highest BCUT2D eigenvalue weighted by Gasteiger charge is 2.71. The summed E-state index contributed by atoms with van der Waals surface area (Å²) in [7, 11) is 1.49. The highest BCUT2D eigenvalue weighted by molar-refractivity contribution is 5.73. The van der Waals surface area contributed by atoms with E-state index in [0.29, 0.717) is 0 Å². The SMILES string of the molecule is CC(=O)N(C)C1COC(CO)C(O)C1OC12OC(C(=O)[O-])C(C)C(O)C1O2. The molecule has 3 fully saturated rings. The molecule has 3 saturated heterocycles. The Bertz CT molecular complexity index is 602. The van der Waals surface area contributed by atoms with E-state index >= 15 is 0 Å². The minimum absolute atomic E-state index is 0.0351. The van der Waals surface area contributed by atoms with Crippen molar-refractivity contribution in [2.75, 3.05) is 20.3 Å². The van der Waals surface area contributed by atoms with E-state index in [1.54, 1.807) is 0 Å². The van der Waals surface area contributed by atoms with Crippen molar-refractivity contribution >= 4 is 11.9 Å². The van der Waals surface area contributed by atoms with Crippen LogP contribution in [-0.4, -0.2) is 101 Å². The fraction of sp³-hybridized carbons (Fsp3) is 0.875. The summed E-state index contributed by atoms with van der Waals surface area (Å²) < 4.78 is 21.9. The van der Waals surface area contributed by atoms with Crippen molar-refractivity contribution in [1.29, 1.82) is 0 Å². The average molecular weight is 390 g/mol. The second-order valence-electron chi connectivity index (χ2n) is 7.17. The molecule has 0 aliphatic carbocycles. The molecule has 3 aliphatic rings. The lowest BCUT2D eigenvalue weighted by Gasteiger charge is -2.45. The zero-order valence-corrected chi connectivity index (χ0v) is 15.2. The van der Waals surface area contributed by atoms with E-state index in [1.807, 2.05) is 0 Å². The number of nitrogens with zero attached hydrogens (tertiary/aromatic N) is 1. The van der Waals surface area contributed by atoms with E-state index in [0.717, 1.165) is 0 Å². The molecular weight excluding hydrogens is 366 g/mol. The Kier molecular flexibility index (Phi) is 5.47. The fourth-order valence-electron chi connectivity index (χ4n) is 3.56. The van der Waals surface area contributed by atoms with Crippen LogP contribution in [0.1, 0.15) is 13.8 Å². The van der Waals surface area contributed by atoms with Gasteiger partial charge in [-0.1, -0.05) is 6.92 Å². The molecule has 3 rings (SSSR count). The van der Waals surface area contributed by atoms with Gasteiger partial charge in [0.05, 0.1) is 31.3 Å². The Morgan fingerprint density at radius 3 is 2.52 bits per heavy atom. The maximum atomic E-state index is 11.8. The minimum Gasteiger partial charge on any atom is -0.547 e. The summed E-state index contributed by atoms with van der Waals surface area (Å²) in [6.45, 7) is 2.28. The van der Waals surface area contributed by atoms with Crippen LogP contribution in [0, 0.1) is 5.92 Å². The highest BCUT2D eigenvalue weighted by atomic mass is 17.0. The second-order valence-corrected chi connectivity index (χ2v) is 7.17. The summed E-state index contributed by atoms with van der Waals surface area (Å²) in [6.07, 6.45) is -7.04. The third-order valence-electron chi connectivity index (χ3n) is 5.48. The van der Waals surface area contributed by atoms with Gasteiger partial charge in [0.2, 0.25) is 5.91 Å². The van der Waals surface area contributed by atoms with Crippen molar-refractivity contribution in [2.24, 2.45) is 5.92 Å². The fourth-order valence-corrected chi connectivity index (χ4v) is 3.56. The van der Waals surface area contributed by atoms with Gasteiger partial charge in [-0.05, 0) is 0 Å². The lowest BCUT2D eigenvalue weighted by molar-refractivity contribution is -0.354. The third-order valence-corrected chi connectivity index (χ3v) is 5.48. The summed E-state index contributed by atoms with van der Waals surface area (Å²) >= 11 is 0. The summed E-state index contributed by atoms with van der Waals surface area (Å²) in [5, 5.41) is 41.5. The molecule has 11 nitrogen and oxygen atoms in total. The Hall–Kier alpha value is -1.34. The van der Waals surface area contributed by atoms with Gasteiger partial charge in [-0.25, -0.2) is 0 Å². The number of carboxylic acids is 1. The van der Waals surface area contributed by atoms with Gasteiger partial charge in [-0.2, -0.15) is 0 Å². The molecule has 11 heteroatoms. The number of amides is 1. The number of carboxylic acid groups (broad SMARTS) is 1. The molecule has 27 heavy (non-hydrogen) atoms. The first-order valence-electron chi connectivity index (χ1n) is 8.69. The van der Waals surface area contributed by atoms with Gasteiger partial charge in [-0.15, -0.1) is 0 Å². The molecule has 3 aliphatic heterocycles. The summed E-state index contributed by atoms with van der Waals surface area (Å²) in [5.74, 6) is -4.52. The Morgan fingerprint density at radius 2 is 1.96 bits per heavy atom. The predicted octanol–water partition coefficient (Wildman–Crippen LogP) is -3.83. The van der Waals surface area contributed by atoms with Crippen molar-refractivity contribution in [3.05, 3.63) is 0 Å². The first kappa shape index (κ1) is 20.4. The molecule has 0 bridgehead atoms. The van der Waals surface area contributed by atoms with Gasteiger partial charge in [0.25, 0.3) is 0 Å². The molecule has 0 saturated carbocycles. The smallest absolute Gasteiger partial charge is 0.315 e. The summed E-state index contributed by atoms with van der Waals surface area (Å²) in [6, 6.07) is -0.749. The first-order valence-corrected chi connectivity index (χ1v) is 8.69. The maximum absolute atomic E-state index is 11.8. The summed E-state index contributed by atoms with van der Waals surface area (Å²) in [5.41, 5.74) is 0. The molecule has 1 amide bonds. The molecule has 0 aromatic carbocycles. The Balaban J connectivity index is 1.84. The number of likely N-dealkylation sites (N-methyl/N-ethyl adjacent to an activating group) is 1.